The Balaban J connectivity index is 1.63. The molecule has 0 bridgehead atoms. The van der Waals surface area contributed by atoms with Gasteiger partial charge < -0.3 is 20.4 Å². The SMILES string of the molecule is CC(C(O)CCC(C)(C)O)C1CCC2(O)C3=CC(=O)C4CC(O)C(=O)CC4(C)C3CCC12C. The third-order valence-electron chi connectivity index (χ3n) is 10.3. The van der Waals surface area contributed by atoms with E-state index >= 15 is 0 Å². The number of hydrogen-bond acceptors (Lipinski definition) is 6. The summed E-state index contributed by atoms with van der Waals surface area (Å²) in [4.78, 5) is 25.7. The van der Waals surface area contributed by atoms with Gasteiger partial charge in [0.15, 0.2) is 11.6 Å². The van der Waals surface area contributed by atoms with Gasteiger partial charge in [0.1, 0.15) is 6.10 Å². The van der Waals surface area contributed by atoms with Crippen molar-refractivity contribution in [3.8, 4) is 0 Å². The molecule has 0 aromatic rings. The van der Waals surface area contributed by atoms with Crippen LogP contribution in [-0.2, 0) is 9.59 Å². The fourth-order valence-electron chi connectivity index (χ4n) is 8.11. The lowest BCUT2D eigenvalue weighted by atomic mass is 9.46. The third kappa shape index (κ3) is 3.76. The van der Waals surface area contributed by atoms with Crippen LogP contribution < -0.4 is 0 Å². The van der Waals surface area contributed by atoms with Crippen molar-refractivity contribution in [1.82, 2.24) is 0 Å². The predicted octanol–water partition coefficient (Wildman–Crippen LogP) is 2.95. The van der Waals surface area contributed by atoms with Crippen molar-refractivity contribution in [3.63, 3.8) is 0 Å². The highest BCUT2D eigenvalue weighted by atomic mass is 16.3. The van der Waals surface area contributed by atoms with Crippen LogP contribution in [0, 0.1) is 34.5 Å². The van der Waals surface area contributed by atoms with Crippen molar-refractivity contribution in [2.75, 3.05) is 0 Å². The summed E-state index contributed by atoms with van der Waals surface area (Å²) in [5, 5.41) is 43.3. The summed E-state index contributed by atoms with van der Waals surface area (Å²) in [6.07, 6.45) is 4.25. The molecule has 0 aliphatic heterocycles. The van der Waals surface area contributed by atoms with E-state index in [2.05, 4.69) is 6.92 Å². The summed E-state index contributed by atoms with van der Waals surface area (Å²) in [5.41, 5.74) is -2.21. The number of rotatable bonds is 5. The van der Waals surface area contributed by atoms with E-state index in [0.29, 0.717) is 19.3 Å². The third-order valence-corrected chi connectivity index (χ3v) is 10.3. The van der Waals surface area contributed by atoms with E-state index in [4.69, 9.17) is 0 Å². The van der Waals surface area contributed by atoms with Crippen molar-refractivity contribution in [1.29, 1.82) is 0 Å². The lowest BCUT2D eigenvalue weighted by Gasteiger charge is -2.59. The molecule has 0 aromatic heterocycles. The Morgan fingerprint density at radius 2 is 1.82 bits per heavy atom. The fraction of sp³-hybridized carbons (Fsp3) is 0.852. The van der Waals surface area contributed by atoms with E-state index < -0.39 is 34.2 Å². The minimum absolute atomic E-state index is 0.0439. The maximum Gasteiger partial charge on any atom is 0.161 e. The average molecular weight is 463 g/mol. The number of ketones is 2. The van der Waals surface area contributed by atoms with Crippen molar-refractivity contribution in [2.45, 2.75) is 109 Å². The smallest absolute Gasteiger partial charge is 0.161 e. The zero-order valence-corrected chi connectivity index (χ0v) is 20.8. The number of allylic oxidation sites excluding steroid dienone is 1. The van der Waals surface area contributed by atoms with Gasteiger partial charge in [0.25, 0.3) is 0 Å². The van der Waals surface area contributed by atoms with E-state index in [-0.39, 0.29) is 48.1 Å². The number of Topliss-reactive ketones (excluding diaryl/α,β-unsaturated/α-hetero) is 1. The summed E-state index contributed by atoms with van der Waals surface area (Å²) in [6, 6.07) is 0. The minimum atomic E-state index is -1.13. The molecule has 9 atom stereocenters. The van der Waals surface area contributed by atoms with Gasteiger partial charge in [0, 0.05) is 17.8 Å². The number of aliphatic hydroxyl groups is 4. The average Bonchev–Trinajstić information content (AvgIpc) is 2.99. The number of aliphatic hydroxyl groups excluding tert-OH is 2. The second kappa shape index (κ2) is 7.97. The zero-order chi connectivity index (χ0) is 24.6. The molecule has 4 N–H and O–H groups in total. The van der Waals surface area contributed by atoms with Crippen molar-refractivity contribution < 1.29 is 30.0 Å². The Labute approximate surface area is 197 Å². The van der Waals surface area contributed by atoms with E-state index in [9.17, 15) is 30.0 Å². The van der Waals surface area contributed by atoms with Gasteiger partial charge in [-0.15, -0.1) is 0 Å². The van der Waals surface area contributed by atoms with Crippen molar-refractivity contribution in [2.24, 2.45) is 34.5 Å². The predicted molar refractivity (Wildman–Crippen MR) is 124 cm³/mol. The first-order chi connectivity index (χ1) is 15.1. The monoisotopic (exact) mass is 462 g/mol. The van der Waals surface area contributed by atoms with Gasteiger partial charge in [-0.3, -0.25) is 9.59 Å². The van der Waals surface area contributed by atoms with Crippen LogP contribution in [0.3, 0.4) is 0 Å². The first-order valence-corrected chi connectivity index (χ1v) is 12.7. The molecule has 6 nitrogen and oxygen atoms in total. The number of carbonyl (C=O) groups is 2. The van der Waals surface area contributed by atoms with Gasteiger partial charge in [-0.2, -0.15) is 0 Å². The first-order valence-electron chi connectivity index (χ1n) is 12.7. The van der Waals surface area contributed by atoms with Crippen LogP contribution >= 0.6 is 0 Å². The summed E-state index contributed by atoms with van der Waals surface area (Å²) in [6.45, 7) is 9.64. The minimum Gasteiger partial charge on any atom is -0.393 e. The fourth-order valence-corrected chi connectivity index (χ4v) is 8.11. The lowest BCUT2D eigenvalue weighted by Crippen LogP contribution is -2.60. The highest BCUT2D eigenvalue weighted by molar-refractivity contribution is 5.97. The Bertz CT molecular complexity index is 857. The number of hydrogen-bond donors (Lipinski definition) is 4. The molecular formula is C27H42O6. The van der Waals surface area contributed by atoms with Gasteiger partial charge in [-0.05, 0) is 93.6 Å². The topological polar surface area (TPSA) is 115 Å². The zero-order valence-electron chi connectivity index (χ0n) is 20.8. The molecule has 186 valence electrons. The number of carbonyl (C=O) groups excluding carboxylic acids is 2. The highest BCUT2D eigenvalue weighted by Gasteiger charge is 2.67. The van der Waals surface area contributed by atoms with Gasteiger partial charge in [-0.25, -0.2) is 0 Å². The Morgan fingerprint density at radius 3 is 2.45 bits per heavy atom. The molecule has 0 amide bonds. The largest absolute Gasteiger partial charge is 0.393 e. The van der Waals surface area contributed by atoms with Crippen LogP contribution in [0.25, 0.3) is 0 Å². The van der Waals surface area contributed by atoms with E-state index in [0.717, 1.165) is 24.8 Å². The summed E-state index contributed by atoms with van der Waals surface area (Å²) < 4.78 is 0. The quantitative estimate of drug-likeness (QED) is 0.499. The Morgan fingerprint density at radius 1 is 1.15 bits per heavy atom. The van der Waals surface area contributed by atoms with Crippen LogP contribution in [0.2, 0.25) is 0 Å². The van der Waals surface area contributed by atoms with Crippen LogP contribution in [-0.4, -0.2) is 55.4 Å². The Hall–Kier alpha value is -1.08. The standard InChI is InChI=1S/C27H42O6/c1-15(20(28)8-9-24(2,3)32)16-7-11-27(33)18-12-21(29)19-13-22(30)23(31)14-25(19,4)17(18)6-10-26(16,27)5/h12,15-17,19-20,22,28,30,32-33H,6-11,13-14H2,1-5H3. The molecule has 4 rings (SSSR count). The maximum atomic E-state index is 13.2. The second-order valence-corrected chi connectivity index (χ2v) is 12.7. The van der Waals surface area contributed by atoms with E-state index in [1.54, 1.807) is 19.9 Å². The van der Waals surface area contributed by atoms with Crippen molar-refractivity contribution in [3.05, 3.63) is 11.6 Å². The highest BCUT2D eigenvalue weighted by Crippen LogP contribution is 2.68. The maximum absolute atomic E-state index is 13.2. The van der Waals surface area contributed by atoms with Crippen LogP contribution in [0.5, 0.6) is 0 Å². The van der Waals surface area contributed by atoms with Crippen LogP contribution in [0.15, 0.2) is 11.6 Å². The van der Waals surface area contributed by atoms with Crippen LogP contribution in [0.4, 0.5) is 0 Å². The molecule has 3 saturated carbocycles. The molecule has 0 aromatic carbocycles. The molecule has 4 aliphatic carbocycles. The van der Waals surface area contributed by atoms with E-state index in [1.165, 1.54) is 0 Å². The molecular weight excluding hydrogens is 420 g/mol. The molecule has 33 heavy (non-hydrogen) atoms. The number of fused-ring (bicyclic) bond motifs is 5. The Kier molecular flexibility index (Phi) is 6.05. The van der Waals surface area contributed by atoms with Gasteiger partial charge >= 0.3 is 0 Å². The molecule has 0 saturated heterocycles. The van der Waals surface area contributed by atoms with E-state index in [1.807, 2.05) is 13.8 Å². The molecule has 3 fully saturated rings. The lowest BCUT2D eigenvalue weighted by molar-refractivity contribution is -0.153. The van der Waals surface area contributed by atoms with Crippen LogP contribution in [0.1, 0.15) is 86.0 Å². The summed E-state index contributed by atoms with van der Waals surface area (Å²) in [5.74, 6) is -0.657. The van der Waals surface area contributed by atoms with Gasteiger partial charge in [0.05, 0.1) is 17.3 Å². The molecule has 0 spiro atoms. The summed E-state index contributed by atoms with van der Waals surface area (Å²) >= 11 is 0. The second-order valence-electron chi connectivity index (χ2n) is 12.7. The van der Waals surface area contributed by atoms with Crippen molar-refractivity contribution >= 4 is 11.6 Å². The molecule has 9 unspecified atom stereocenters. The molecule has 0 radical (unpaired) electrons. The van der Waals surface area contributed by atoms with Gasteiger partial charge in [-0.1, -0.05) is 20.8 Å². The molecule has 0 heterocycles. The molecule has 6 heteroatoms. The first kappa shape index (κ1) is 25.0. The molecule has 4 aliphatic rings. The van der Waals surface area contributed by atoms with Gasteiger partial charge in [0.2, 0.25) is 0 Å². The normalized spacial score (nSPS) is 45.1. The summed E-state index contributed by atoms with van der Waals surface area (Å²) in [7, 11) is 0.